The Balaban J connectivity index is 1.86. The van der Waals surface area contributed by atoms with Gasteiger partial charge in [0.05, 0.1) is 34.3 Å². The van der Waals surface area contributed by atoms with Crippen LogP contribution in [-0.4, -0.2) is 58.1 Å². The molecule has 7 nitrogen and oxygen atoms in total. The quantitative estimate of drug-likeness (QED) is 0.531. The lowest BCUT2D eigenvalue weighted by molar-refractivity contribution is 0.0722. The number of aromatic nitrogens is 3. The number of hydrogen-bond donors (Lipinski definition) is 0. The highest BCUT2D eigenvalue weighted by atomic mass is 32.2. The molecule has 8 heteroatoms. The number of nitrogens with zero attached hydrogens (tertiary/aromatic N) is 4. The van der Waals surface area contributed by atoms with Crippen molar-refractivity contribution in [2.75, 3.05) is 18.1 Å². The summed E-state index contributed by atoms with van der Waals surface area (Å²) in [7, 11) is -3.14. The van der Waals surface area contributed by atoms with Crippen LogP contribution in [0.2, 0.25) is 0 Å². The van der Waals surface area contributed by atoms with Gasteiger partial charge < -0.3 is 4.90 Å². The maximum absolute atomic E-state index is 13.8. The minimum Gasteiger partial charge on any atom is -0.331 e. The Kier molecular flexibility index (Phi) is 5.90. The largest absolute Gasteiger partial charge is 0.331 e. The van der Waals surface area contributed by atoms with E-state index in [4.69, 9.17) is 4.98 Å². The molecule has 1 unspecified atom stereocenters. The van der Waals surface area contributed by atoms with Gasteiger partial charge in [0.2, 0.25) is 0 Å². The Hall–Kier alpha value is -3.00. The third-order valence-corrected chi connectivity index (χ3v) is 7.62. The average Bonchev–Trinajstić information content (AvgIpc) is 3.34. The highest BCUT2D eigenvalue weighted by molar-refractivity contribution is 7.91. The van der Waals surface area contributed by atoms with Gasteiger partial charge in [-0.25, -0.2) is 18.1 Å². The number of rotatable bonds is 6. The number of hydrogen-bond acceptors (Lipinski definition) is 5. The third kappa shape index (κ3) is 4.19. The molecule has 32 heavy (non-hydrogen) atoms. The van der Waals surface area contributed by atoms with Crippen molar-refractivity contribution < 1.29 is 13.2 Å². The first-order valence-corrected chi connectivity index (χ1v) is 12.6. The molecule has 1 aromatic carbocycles. The van der Waals surface area contributed by atoms with E-state index >= 15 is 0 Å². The summed E-state index contributed by atoms with van der Waals surface area (Å²) in [5.74, 6) is -0.141. The van der Waals surface area contributed by atoms with Gasteiger partial charge in [0.25, 0.3) is 5.91 Å². The second-order valence-corrected chi connectivity index (χ2v) is 10.9. The Morgan fingerprint density at radius 1 is 1.31 bits per heavy atom. The molecule has 3 heterocycles. The van der Waals surface area contributed by atoms with E-state index in [2.05, 4.69) is 11.7 Å². The van der Waals surface area contributed by atoms with Crippen LogP contribution < -0.4 is 0 Å². The van der Waals surface area contributed by atoms with Crippen molar-refractivity contribution in [1.82, 2.24) is 19.7 Å². The summed E-state index contributed by atoms with van der Waals surface area (Å²) >= 11 is 0. The van der Waals surface area contributed by atoms with E-state index in [1.807, 2.05) is 49.7 Å². The van der Waals surface area contributed by atoms with Gasteiger partial charge in [0.15, 0.2) is 15.5 Å². The molecule has 1 amide bonds. The van der Waals surface area contributed by atoms with Gasteiger partial charge in [0.1, 0.15) is 0 Å². The summed E-state index contributed by atoms with van der Waals surface area (Å²) in [5, 5.41) is 5.14. The lowest BCUT2D eigenvalue weighted by atomic mass is 10.0. The molecule has 0 aliphatic carbocycles. The molecule has 1 atom stereocenters. The van der Waals surface area contributed by atoms with Crippen LogP contribution in [0.3, 0.4) is 0 Å². The molecule has 3 aromatic rings. The number of carbonyl (C=O) groups excluding carboxylic acids is 1. The summed E-state index contributed by atoms with van der Waals surface area (Å²) < 4.78 is 26.0. The SMILES string of the molecule is C=CCN(C(=O)c1cc(-c2ccc(C)cc2)nc2c1cnn2C(C)C)C1CCS(=O)(=O)C1. The standard InChI is InChI=1S/C24H28N4O3S/c1-5-11-27(19-10-12-32(30,31)15-19)24(29)20-13-22(18-8-6-17(4)7-9-18)26-23-21(20)14-25-28(23)16(2)3/h5-9,13-14,16,19H,1,10-12,15H2,2-4H3. The van der Waals surface area contributed by atoms with Gasteiger partial charge in [-0.1, -0.05) is 35.9 Å². The van der Waals surface area contributed by atoms with E-state index in [1.165, 1.54) is 0 Å². The lowest BCUT2D eigenvalue weighted by Crippen LogP contribution is -2.41. The van der Waals surface area contributed by atoms with Crippen molar-refractivity contribution >= 4 is 26.8 Å². The van der Waals surface area contributed by atoms with Crippen LogP contribution in [0.4, 0.5) is 0 Å². The van der Waals surface area contributed by atoms with Crippen LogP contribution in [-0.2, 0) is 9.84 Å². The fourth-order valence-corrected chi connectivity index (χ4v) is 5.89. The van der Waals surface area contributed by atoms with E-state index < -0.39 is 9.84 Å². The van der Waals surface area contributed by atoms with Gasteiger partial charge in [-0.3, -0.25) is 4.79 Å². The molecule has 1 saturated heterocycles. The number of fused-ring (bicyclic) bond motifs is 1. The van der Waals surface area contributed by atoms with Crippen LogP contribution in [0, 0.1) is 6.92 Å². The zero-order valence-electron chi connectivity index (χ0n) is 18.7. The first kappa shape index (κ1) is 22.2. The van der Waals surface area contributed by atoms with Crippen LogP contribution in [0.15, 0.2) is 49.2 Å². The minimum atomic E-state index is -3.14. The van der Waals surface area contributed by atoms with E-state index in [0.29, 0.717) is 28.7 Å². The molecular formula is C24H28N4O3S. The first-order chi connectivity index (χ1) is 15.2. The lowest BCUT2D eigenvalue weighted by Gasteiger charge is -2.27. The molecule has 0 saturated carbocycles. The van der Waals surface area contributed by atoms with Crippen LogP contribution >= 0.6 is 0 Å². The van der Waals surface area contributed by atoms with Gasteiger partial charge in [-0.2, -0.15) is 5.10 Å². The predicted molar refractivity (Wildman–Crippen MR) is 126 cm³/mol. The zero-order valence-corrected chi connectivity index (χ0v) is 19.5. The van der Waals surface area contributed by atoms with Crippen molar-refractivity contribution in [1.29, 1.82) is 0 Å². The molecule has 2 aromatic heterocycles. The van der Waals surface area contributed by atoms with E-state index in [1.54, 1.807) is 23.2 Å². The maximum Gasteiger partial charge on any atom is 0.255 e. The molecule has 0 bridgehead atoms. The monoisotopic (exact) mass is 452 g/mol. The number of sulfone groups is 1. The Morgan fingerprint density at radius 3 is 2.62 bits per heavy atom. The third-order valence-electron chi connectivity index (χ3n) is 5.87. The number of pyridine rings is 1. The number of benzene rings is 1. The topological polar surface area (TPSA) is 85.2 Å². The molecule has 168 valence electrons. The number of carbonyl (C=O) groups is 1. The average molecular weight is 453 g/mol. The van der Waals surface area contributed by atoms with Gasteiger partial charge in [0, 0.05) is 24.2 Å². The second kappa shape index (κ2) is 8.50. The Labute approximate surface area is 188 Å². The van der Waals surface area contributed by atoms with Crippen molar-refractivity contribution in [2.45, 2.75) is 39.3 Å². The zero-order chi connectivity index (χ0) is 23.0. The molecular weight excluding hydrogens is 424 g/mol. The first-order valence-electron chi connectivity index (χ1n) is 10.8. The van der Waals surface area contributed by atoms with Crippen molar-refractivity contribution in [2.24, 2.45) is 0 Å². The number of aryl methyl sites for hydroxylation is 1. The Morgan fingerprint density at radius 2 is 2.03 bits per heavy atom. The second-order valence-electron chi connectivity index (χ2n) is 8.64. The molecule has 1 aliphatic rings. The van der Waals surface area contributed by atoms with Crippen molar-refractivity contribution in [3.63, 3.8) is 0 Å². The minimum absolute atomic E-state index is 0.0170. The summed E-state index contributed by atoms with van der Waals surface area (Å²) in [6.07, 6.45) is 3.75. The van der Waals surface area contributed by atoms with Crippen molar-refractivity contribution in [3.05, 3.63) is 60.3 Å². The van der Waals surface area contributed by atoms with E-state index in [-0.39, 0.29) is 36.0 Å². The highest BCUT2D eigenvalue weighted by Crippen LogP contribution is 2.29. The Bertz CT molecular complexity index is 1280. The summed E-state index contributed by atoms with van der Waals surface area (Å²) in [4.78, 5) is 20.2. The van der Waals surface area contributed by atoms with Crippen molar-refractivity contribution in [3.8, 4) is 11.3 Å². The molecule has 1 aliphatic heterocycles. The van der Waals surface area contributed by atoms with Gasteiger partial charge in [-0.15, -0.1) is 6.58 Å². The molecule has 0 spiro atoms. The highest BCUT2D eigenvalue weighted by Gasteiger charge is 2.35. The molecule has 4 rings (SSSR count). The normalized spacial score (nSPS) is 17.7. The predicted octanol–water partition coefficient (Wildman–Crippen LogP) is 3.80. The maximum atomic E-state index is 13.8. The smallest absolute Gasteiger partial charge is 0.255 e. The summed E-state index contributed by atoms with van der Waals surface area (Å²) in [6.45, 7) is 10.1. The summed E-state index contributed by atoms with van der Waals surface area (Å²) in [5.41, 5.74) is 3.84. The van der Waals surface area contributed by atoms with Gasteiger partial charge in [-0.05, 0) is 33.3 Å². The van der Waals surface area contributed by atoms with Gasteiger partial charge >= 0.3 is 0 Å². The van der Waals surface area contributed by atoms with Crippen LogP contribution in [0.25, 0.3) is 22.3 Å². The number of amides is 1. The van der Waals surface area contributed by atoms with Crippen LogP contribution in [0.5, 0.6) is 0 Å². The molecule has 0 radical (unpaired) electrons. The fraction of sp³-hybridized carbons (Fsp3) is 0.375. The van der Waals surface area contributed by atoms with E-state index in [9.17, 15) is 13.2 Å². The fourth-order valence-electron chi connectivity index (χ4n) is 4.16. The van der Waals surface area contributed by atoms with Crippen LogP contribution in [0.1, 0.15) is 42.2 Å². The molecule has 1 fully saturated rings. The molecule has 0 N–H and O–H groups in total. The summed E-state index contributed by atoms with van der Waals surface area (Å²) in [6, 6.07) is 9.49. The van der Waals surface area contributed by atoms with E-state index in [0.717, 1.165) is 11.1 Å².